The molecule has 0 unspecified atom stereocenters. The number of H-pyrrole nitrogens is 1. The number of aromatic nitrogens is 2. The predicted molar refractivity (Wildman–Crippen MR) is 66.7 cm³/mol. The van der Waals surface area contributed by atoms with Gasteiger partial charge in [0.05, 0.1) is 12.8 Å². The molecule has 0 bridgehead atoms. The van der Waals surface area contributed by atoms with Crippen LogP contribution in [0.4, 0.5) is 0 Å². The predicted octanol–water partition coefficient (Wildman–Crippen LogP) is 2.02. The molecule has 0 radical (unpaired) electrons. The van der Waals surface area contributed by atoms with Crippen molar-refractivity contribution in [3.63, 3.8) is 0 Å². The maximum absolute atomic E-state index is 10.6. The minimum atomic E-state index is -0.902. The molecule has 5 nitrogen and oxygen atoms in total. The molecule has 0 fully saturated rings. The maximum Gasteiger partial charge on any atom is 0.311 e. The number of benzene rings is 1. The number of nitrogens with zero attached hydrogens (tertiary/aromatic N) is 1. The number of methoxy groups -OCH3 is 1. The first-order valence-electron chi connectivity index (χ1n) is 5.52. The van der Waals surface area contributed by atoms with E-state index in [9.17, 15) is 4.79 Å². The average molecular weight is 246 g/mol. The van der Waals surface area contributed by atoms with Crippen LogP contribution >= 0.6 is 0 Å². The fraction of sp³-hybridized carbons (Fsp3) is 0.231. The first kappa shape index (κ1) is 12.2. The second kappa shape index (κ2) is 4.91. The van der Waals surface area contributed by atoms with Crippen molar-refractivity contribution in [2.24, 2.45) is 0 Å². The Morgan fingerprint density at radius 1 is 1.50 bits per heavy atom. The molecule has 2 N–H and O–H groups in total. The summed E-state index contributed by atoms with van der Waals surface area (Å²) < 4.78 is 5.16. The molecule has 0 atom stereocenters. The fourth-order valence-electron chi connectivity index (χ4n) is 1.80. The van der Waals surface area contributed by atoms with Gasteiger partial charge in [-0.2, -0.15) is 0 Å². The van der Waals surface area contributed by atoms with E-state index in [0.29, 0.717) is 5.82 Å². The molecule has 0 aliphatic rings. The lowest BCUT2D eigenvalue weighted by Gasteiger charge is -2.02. The van der Waals surface area contributed by atoms with Crippen LogP contribution in [0, 0.1) is 6.92 Å². The monoisotopic (exact) mass is 246 g/mol. The molecule has 0 spiro atoms. The third kappa shape index (κ3) is 2.51. The van der Waals surface area contributed by atoms with E-state index in [1.54, 1.807) is 7.11 Å². The summed E-state index contributed by atoms with van der Waals surface area (Å²) in [4.78, 5) is 17.9. The Balaban J connectivity index is 2.37. The van der Waals surface area contributed by atoms with Gasteiger partial charge in [0, 0.05) is 11.3 Å². The number of hydrogen-bond acceptors (Lipinski definition) is 3. The third-order valence-electron chi connectivity index (χ3n) is 2.60. The number of aromatic amines is 1. The highest BCUT2D eigenvalue weighted by Gasteiger charge is 2.11. The van der Waals surface area contributed by atoms with Crippen LogP contribution < -0.4 is 4.74 Å². The van der Waals surface area contributed by atoms with Gasteiger partial charge in [0.1, 0.15) is 18.0 Å². The van der Waals surface area contributed by atoms with E-state index in [4.69, 9.17) is 9.84 Å². The zero-order valence-electron chi connectivity index (χ0n) is 10.2. The zero-order valence-corrected chi connectivity index (χ0v) is 10.2. The van der Waals surface area contributed by atoms with E-state index in [-0.39, 0.29) is 6.42 Å². The summed E-state index contributed by atoms with van der Waals surface area (Å²) in [7, 11) is 1.60. The second-order valence-electron chi connectivity index (χ2n) is 3.96. The number of nitrogens with one attached hydrogen (secondary N) is 1. The molecule has 1 aromatic carbocycles. The molecule has 0 saturated carbocycles. The standard InChI is InChI=1S/C13H14N2O3/c1-8-13(15-11(14-8)7-12(16)17)9-4-3-5-10(6-9)18-2/h3-6H,7H2,1-2H3,(H,14,15)(H,16,17). The summed E-state index contributed by atoms with van der Waals surface area (Å²) in [6.45, 7) is 1.87. The lowest BCUT2D eigenvalue weighted by molar-refractivity contribution is -0.136. The number of rotatable bonds is 4. The van der Waals surface area contributed by atoms with Gasteiger partial charge in [0.2, 0.25) is 0 Å². The Hall–Kier alpha value is -2.30. The minimum absolute atomic E-state index is 0.106. The van der Waals surface area contributed by atoms with Crippen molar-refractivity contribution >= 4 is 5.97 Å². The van der Waals surface area contributed by atoms with Gasteiger partial charge in [-0.3, -0.25) is 4.79 Å². The van der Waals surface area contributed by atoms with E-state index < -0.39 is 5.97 Å². The Bertz CT molecular complexity index is 575. The highest BCUT2D eigenvalue weighted by Crippen LogP contribution is 2.25. The van der Waals surface area contributed by atoms with Gasteiger partial charge >= 0.3 is 5.97 Å². The number of aryl methyl sites for hydroxylation is 1. The van der Waals surface area contributed by atoms with Crippen molar-refractivity contribution in [3.8, 4) is 17.0 Å². The summed E-state index contributed by atoms with van der Waals surface area (Å²) in [5.74, 6) is 0.299. The Morgan fingerprint density at radius 2 is 2.28 bits per heavy atom. The number of aliphatic carboxylic acids is 1. The van der Waals surface area contributed by atoms with Crippen LogP contribution in [-0.4, -0.2) is 28.2 Å². The molecule has 5 heteroatoms. The summed E-state index contributed by atoms with van der Waals surface area (Å²) in [5, 5.41) is 8.74. The van der Waals surface area contributed by atoms with Gasteiger partial charge in [-0.15, -0.1) is 0 Å². The van der Waals surface area contributed by atoms with Gasteiger partial charge in [0.15, 0.2) is 0 Å². The van der Waals surface area contributed by atoms with Crippen LogP contribution in [0.15, 0.2) is 24.3 Å². The minimum Gasteiger partial charge on any atom is -0.497 e. The zero-order chi connectivity index (χ0) is 13.1. The molecule has 94 valence electrons. The van der Waals surface area contributed by atoms with Crippen molar-refractivity contribution < 1.29 is 14.6 Å². The van der Waals surface area contributed by atoms with Gasteiger partial charge in [0.25, 0.3) is 0 Å². The summed E-state index contributed by atoms with van der Waals surface area (Å²) in [5.41, 5.74) is 2.50. The van der Waals surface area contributed by atoms with Crippen molar-refractivity contribution in [1.82, 2.24) is 9.97 Å². The van der Waals surface area contributed by atoms with Crippen LogP contribution in [0.1, 0.15) is 11.5 Å². The highest BCUT2D eigenvalue weighted by atomic mass is 16.5. The van der Waals surface area contributed by atoms with E-state index in [0.717, 1.165) is 22.7 Å². The smallest absolute Gasteiger partial charge is 0.311 e. The number of ether oxygens (including phenoxy) is 1. The van der Waals surface area contributed by atoms with Crippen LogP contribution in [0.5, 0.6) is 5.75 Å². The molecule has 18 heavy (non-hydrogen) atoms. The van der Waals surface area contributed by atoms with Crippen molar-refractivity contribution in [3.05, 3.63) is 35.8 Å². The molecular weight excluding hydrogens is 232 g/mol. The molecule has 2 rings (SSSR count). The van der Waals surface area contributed by atoms with E-state index >= 15 is 0 Å². The van der Waals surface area contributed by atoms with E-state index in [1.165, 1.54) is 0 Å². The average Bonchev–Trinajstić information content (AvgIpc) is 2.69. The summed E-state index contributed by atoms with van der Waals surface area (Å²) >= 11 is 0. The van der Waals surface area contributed by atoms with Gasteiger partial charge < -0.3 is 14.8 Å². The van der Waals surface area contributed by atoms with Crippen LogP contribution in [-0.2, 0) is 11.2 Å². The largest absolute Gasteiger partial charge is 0.497 e. The normalized spacial score (nSPS) is 10.3. The van der Waals surface area contributed by atoms with E-state index in [2.05, 4.69) is 9.97 Å². The Kier molecular flexibility index (Phi) is 3.32. The molecule has 0 aliphatic heterocycles. The summed E-state index contributed by atoms with van der Waals surface area (Å²) in [6.07, 6.45) is -0.106. The number of carboxylic acid groups (broad SMARTS) is 1. The lowest BCUT2D eigenvalue weighted by Crippen LogP contribution is -2.01. The van der Waals surface area contributed by atoms with Gasteiger partial charge in [-0.1, -0.05) is 12.1 Å². The number of imidazole rings is 1. The van der Waals surface area contributed by atoms with Crippen molar-refractivity contribution in [2.45, 2.75) is 13.3 Å². The second-order valence-corrected chi connectivity index (χ2v) is 3.96. The quantitative estimate of drug-likeness (QED) is 0.865. The fourth-order valence-corrected chi connectivity index (χ4v) is 1.80. The van der Waals surface area contributed by atoms with Gasteiger partial charge in [-0.05, 0) is 19.1 Å². The SMILES string of the molecule is COc1cccc(-c2nc(CC(=O)O)[nH]c2C)c1. The molecule has 1 aromatic heterocycles. The van der Waals surface area contributed by atoms with Crippen LogP contribution in [0.3, 0.4) is 0 Å². The lowest BCUT2D eigenvalue weighted by atomic mass is 10.1. The number of carboxylic acids is 1. The number of hydrogen-bond donors (Lipinski definition) is 2. The highest BCUT2D eigenvalue weighted by molar-refractivity contribution is 5.70. The van der Waals surface area contributed by atoms with Crippen LogP contribution in [0.2, 0.25) is 0 Å². The Morgan fingerprint density at radius 3 is 2.94 bits per heavy atom. The van der Waals surface area contributed by atoms with E-state index in [1.807, 2.05) is 31.2 Å². The van der Waals surface area contributed by atoms with Crippen molar-refractivity contribution in [2.75, 3.05) is 7.11 Å². The molecule has 0 amide bonds. The topological polar surface area (TPSA) is 75.2 Å². The first-order valence-corrected chi connectivity index (χ1v) is 5.52. The van der Waals surface area contributed by atoms with Crippen molar-refractivity contribution in [1.29, 1.82) is 0 Å². The molecule has 0 aliphatic carbocycles. The Labute approximate surface area is 104 Å². The molecule has 2 aromatic rings. The summed E-state index contributed by atoms with van der Waals surface area (Å²) in [6, 6.07) is 7.51. The maximum atomic E-state index is 10.6. The third-order valence-corrected chi connectivity index (χ3v) is 2.60. The molecule has 1 heterocycles. The van der Waals surface area contributed by atoms with Gasteiger partial charge in [-0.25, -0.2) is 4.98 Å². The number of carbonyl (C=O) groups is 1. The molecule has 0 saturated heterocycles. The molecular formula is C13H14N2O3. The van der Waals surface area contributed by atoms with Crippen LogP contribution in [0.25, 0.3) is 11.3 Å². The first-order chi connectivity index (χ1) is 8.60.